The van der Waals surface area contributed by atoms with E-state index in [-0.39, 0.29) is 18.7 Å². The van der Waals surface area contributed by atoms with E-state index >= 15 is 0 Å². The Kier molecular flexibility index (Phi) is 6.24. The fraction of sp³-hybridized carbons (Fsp3) is 0.400. The summed E-state index contributed by atoms with van der Waals surface area (Å²) < 4.78 is 0. The van der Waals surface area contributed by atoms with E-state index < -0.39 is 17.9 Å². The lowest BCUT2D eigenvalue weighted by molar-refractivity contribution is -0.143. The highest BCUT2D eigenvalue weighted by Gasteiger charge is 2.26. The largest absolute Gasteiger partial charge is 0.480 e. The molecule has 0 spiro atoms. The Bertz CT molecular complexity index is 494. The number of hydrogen-bond donors (Lipinski definition) is 2. The smallest absolute Gasteiger partial charge is 0.326 e. The van der Waals surface area contributed by atoms with E-state index in [1.807, 2.05) is 36.4 Å². The summed E-state index contributed by atoms with van der Waals surface area (Å²) in [5.41, 5.74) is 1.03. The second kappa shape index (κ2) is 7.95. The molecule has 0 aromatic heterocycles. The molecule has 106 valence electrons. The number of nitrogens with zero attached hydrogens (tertiary/aromatic N) is 1. The van der Waals surface area contributed by atoms with Gasteiger partial charge in [-0.25, -0.2) is 4.79 Å². The summed E-state index contributed by atoms with van der Waals surface area (Å²) in [6.07, 6.45) is 0.884. The highest BCUT2D eigenvalue weighted by atomic mass is 16.4. The molecule has 20 heavy (non-hydrogen) atoms. The van der Waals surface area contributed by atoms with Crippen LogP contribution in [0.2, 0.25) is 0 Å². The number of aliphatic carboxylic acids is 1. The fourth-order valence-corrected chi connectivity index (χ4v) is 1.86. The van der Waals surface area contributed by atoms with Crippen molar-refractivity contribution in [2.24, 2.45) is 5.92 Å². The Morgan fingerprint density at radius 3 is 2.55 bits per heavy atom. The topological polar surface area (TPSA) is 90.2 Å². The third kappa shape index (κ3) is 5.11. The number of nitriles is 1. The van der Waals surface area contributed by atoms with Gasteiger partial charge in [-0.05, 0) is 12.0 Å². The number of amides is 1. The first-order valence-corrected chi connectivity index (χ1v) is 6.47. The first kappa shape index (κ1) is 15.7. The quantitative estimate of drug-likeness (QED) is 0.792. The first-order valence-electron chi connectivity index (χ1n) is 6.47. The lowest BCUT2D eigenvalue weighted by atomic mass is 9.98. The predicted molar refractivity (Wildman–Crippen MR) is 73.7 cm³/mol. The summed E-state index contributed by atoms with van der Waals surface area (Å²) in [5, 5.41) is 20.2. The zero-order valence-corrected chi connectivity index (χ0v) is 11.4. The molecule has 2 N–H and O–H groups in total. The average Bonchev–Trinajstić information content (AvgIpc) is 2.43. The molecule has 0 radical (unpaired) electrons. The van der Waals surface area contributed by atoms with Gasteiger partial charge in [-0.3, -0.25) is 4.79 Å². The Hall–Kier alpha value is -2.35. The Balaban J connectivity index is 2.50. The highest BCUT2D eigenvalue weighted by Crippen LogP contribution is 2.09. The molecule has 1 amide bonds. The van der Waals surface area contributed by atoms with Crippen molar-refractivity contribution in [3.63, 3.8) is 0 Å². The third-order valence-corrected chi connectivity index (χ3v) is 3.05. The maximum absolute atomic E-state index is 11.8. The zero-order valence-electron chi connectivity index (χ0n) is 11.4. The van der Waals surface area contributed by atoms with Crippen molar-refractivity contribution in [1.82, 2.24) is 5.32 Å². The normalized spacial score (nSPS) is 13.0. The lowest BCUT2D eigenvalue weighted by Crippen LogP contribution is -2.45. The van der Waals surface area contributed by atoms with Gasteiger partial charge in [0.15, 0.2) is 0 Å². The van der Waals surface area contributed by atoms with Crippen LogP contribution in [-0.2, 0) is 16.0 Å². The first-order chi connectivity index (χ1) is 9.54. The van der Waals surface area contributed by atoms with Gasteiger partial charge in [-0.15, -0.1) is 0 Å². The van der Waals surface area contributed by atoms with E-state index in [9.17, 15) is 9.59 Å². The fourth-order valence-electron chi connectivity index (χ4n) is 1.86. The third-order valence-electron chi connectivity index (χ3n) is 3.05. The van der Waals surface area contributed by atoms with Crippen LogP contribution in [0.25, 0.3) is 0 Å². The van der Waals surface area contributed by atoms with Gasteiger partial charge >= 0.3 is 5.97 Å². The molecule has 1 rings (SSSR count). The van der Waals surface area contributed by atoms with Crippen LogP contribution in [0.15, 0.2) is 30.3 Å². The van der Waals surface area contributed by atoms with Crippen LogP contribution in [-0.4, -0.2) is 23.0 Å². The van der Waals surface area contributed by atoms with Crippen molar-refractivity contribution in [3.8, 4) is 6.07 Å². The number of carboxylic acids is 1. The predicted octanol–water partition coefficient (Wildman–Crippen LogP) is 1.74. The molecule has 0 saturated carbocycles. The summed E-state index contributed by atoms with van der Waals surface area (Å²) >= 11 is 0. The molecule has 0 bridgehead atoms. The summed E-state index contributed by atoms with van der Waals surface area (Å²) in [5.74, 6) is -1.84. The number of rotatable bonds is 7. The van der Waals surface area contributed by atoms with Crippen molar-refractivity contribution < 1.29 is 14.7 Å². The van der Waals surface area contributed by atoms with Crippen molar-refractivity contribution >= 4 is 11.9 Å². The van der Waals surface area contributed by atoms with Crippen LogP contribution >= 0.6 is 0 Å². The molecule has 5 heteroatoms. The van der Waals surface area contributed by atoms with Crippen molar-refractivity contribution in [2.75, 3.05) is 0 Å². The second-order valence-electron chi connectivity index (χ2n) is 4.71. The monoisotopic (exact) mass is 274 g/mol. The summed E-state index contributed by atoms with van der Waals surface area (Å²) in [7, 11) is 0. The van der Waals surface area contributed by atoms with Crippen molar-refractivity contribution in [1.29, 1.82) is 5.26 Å². The van der Waals surface area contributed by atoms with E-state index in [1.54, 1.807) is 6.92 Å². The highest BCUT2D eigenvalue weighted by molar-refractivity contribution is 5.83. The molecule has 0 unspecified atom stereocenters. The molecule has 0 heterocycles. The van der Waals surface area contributed by atoms with Crippen LogP contribution in [0, 0.1) is 17.2 Å². The maximum Gasteiger partial charge on any atom is 0.326 e. The minimum absolute atomic E-state index is 0.0932. The van der Waals surface area contributed by atoms with E-state index in [2.05, 4.69) is 5.32 Å². The Morgan fingerprint density at radius 1 is 1.35 bits per heavy atom. The minimum atomic E-state index is -1.11. The number of carboxylic acid groups (broad SMARTS) is 1. The van der Waals surface area contributed by atoms with Crippen LogP contribution in [0.5, 0.6) is 0 Å². The standard InChI is InChI=1S/C15H18N2O3/c1-11(9-10-16)14(15(19)20)17-13(18)8-7-12-5-3-2-4-6-12/h2-6,11,14H,7-9H2,1H3,(H,17,18)(H,19,20)/t11-,14+/m0/s1. The van der Waals surface area contributed by atoms with Gasteiger partial charge in [0.05, 0.1) is 6.07 Å². The van der Waals surface area contributed by atoms with Crippen molar-refractivity contribution in [2.45, 2.75) is 32.2 Å². The van der Waals surface area contributed by atoms with Crippen LogP contribution in [0.1, 0.15) is 25.3 Å². The van der Waals surface area contributed by atoms with E-state index in [4.69, 9.17) is 10.4 Å². The van der Waals surface area contributed by atoms with Gasteiger partial charge in [0.2, 0.25) is 5.91 Å². The number of carbonyl (C=O) groups excluding carboxylic acids is 1. The van der Waals surface area contributed by atoms with Crippen LogP contribution in [0.3, 0.4) is 0 Å². The second-order valence-corrected chi connectivity index (χ2v) is 4.71. The number of carbonyl (C=O) groups is 2. The lowest BCUT2D eigenvalue weighted by Gasteiger charge is -2.19. The summed E-state index contributed by atoms with van der Waals surface area (Å²) in [6, 6.07) is 10.4. The maximum atomic E-state index is 11.8. The number of aryl methyl sites for hydroxylation is 1. The summed E-state index contributed by atoms with van der Waals surface area (Å²) in [6.45, 7) is 1.64. The molecule has 0 fully saturated rings. The van der Waals surface area contributed by atoms with Gasteiger partial charge in [0.1, 0.15) is 6.04 Å². The molecular weight excluding hydrogens is 256 g/mol. The number of benzene rings is 1. The molecule has 0 aliphatic rings. The molecule has 0 aliphatic heterocycles. The zero-order chi connectivity index (χ0) is 15.0. The van der Waals surface area contributed by atoms with Crippen LogP contribution in [0.4, 0.5) is 0 Å². The van der Waals surface area contributed by atoms with E-state index in [0.29, 0.717) is 6.42 Å². The Morgan fingerprint density at radius 2 is 2.00 bits per heavy atom. The van der Waals surface area contributed by atoms with Crippen LogP contribution < -0.4 is 5.32 Å². The van der Waals surface area contributed by atoms with E-state index in [1.165, 1.54) is 0 Å². The van der Waals surface area contributed by atoms with Gasteiger partial charge < -0.3 is 10.4 Å². The van der Waals surface area contributed by atoms with Gasteiger partial charge in [-0.1, -0.05) is 37.3 Å². The SMILES string of the molecule is C[C@@H](CC#N)[C@@H](NC(=O)CCc1ccccc1)C(=O)O. The number of hydrogen-bond acceptors (Lipinski definition) is 3. The average molecular weight is 274 g/mol. The van der Waals surface area contributed by atoms with E-state index in [0.717, 1.165) is 5.56 Å². The number of nitrogens with one attached hydrogen (secondary N) is 1. The van der Waals surface area contributed by atoms with Gasteiger partial charge in [0, 0.05) is 18.8 Å². The summed E-state index contributed by atoms with van der Waals surface area (Å²) in [4.78, 5) is 22.9. The molecule has 1 aromatic carbocycles. The molecule has 0 aliphatic carbocycles. The van der Waals surface area contributed by atoms with Crippen molar-refractivity contribution in [3.05, 3.63) is 35.9 Å². The molecule has 2 atom stereocenters. The molecule has 1 aromatic rings. The minimum Gasteiger partial charge on any atom is -0.480 e. The molecular formula is C15H18N2O3. The van der Waals surface area contributed by atoms with Gasteiger partial charge in [-0.2, -0.15) is 5.26 Å². The van der Waals surface area contributed by atoms with Gasteiger partial charge in [0.25, 0.3) is 0 Å². The molecule has 0 saturated heterocycles. The Labute approximate surface area is 118 Å². The molecule has 5 nitrogen and oxygen atoms in total.